The second kappa shape index (κ2) is 4.55. The van der Waals surface area contributed by atoms with Crippen molar-refractivity contribution in [1.29, 1.82) is 0 Å². The van der Waals surface area contributed by atoms with Crippen LogP contribution in [-0.2, 0) is 0 Å². The highest BCUT2D eigenvalue weighted by Crippen LogP contribution is 2.20. The van der Waals surface area contributed by atoms with Crippen molar-refractivity contribution in [1.82, 2.24) is 5.32 Å². The van der Waals surface area contributed by atoms with Crippen LogP contribution in [-0.4, -0.2) is 12.6 Å². The maximum Gasteiger partial charge on any atom is 0.0251 e. The Morgan fingerprint density at radius 2 is 2.45 bits per heavy atom. The molecule has 1 atom stereocenters. The number of rotatable bonds is 4. The monoisotopic (exact) mass is 153 g/mol. The molecule has 1 heteroatoms. The summed E-state index contributed by atoms with van der Waals surface area (Å²) in [6, 6.07) is 0.623. The zero-order chi connectivity index (χ0) is 8.10. The van der Waals surface area contributed by atoms with Gasteiger partial charge in [0.25, 0.3) is 0 Å². The van der Waals surface area contributed by atoms with Crippen molar-refractivity contribution in [2.75, 3.05) is 6.54 Å². The van der Waals surface area contributed by atoms with Crippen LogP contribution in [0.5, 0.6) is 0 Å². The van der Waals surface area contributed by atoms with Crippen molar-refractivity contribution < 1.29 is 0 Å². The zero-order valence-corrected chi connectivity index (χ0v) is 7.69. The summed E-state index contributed by atoms with van der Waals surface area (Å²) in [5.74, 6) is 0. The summed E-state index contributed by atoms with van der Waals surface area (Å²) in [7, 11) is 0. The van der Waals surface area contributed by atoms with E-state index in [1.165, 1.54) is 25.7 Å². The molecule has 1 nitrogen and oxygen atoms in total. The Kier molecular flexibility index (Phi) is 3.64. The Hall–Kier alpha value is -0.300. The summed E-state index contributed by atoms with van der Waals surface area (Å²) in [4.78, 5) is 0. The van der Waals surface area contributed by atoms with Gasteiger partial charge in [-0.2, -0.15) is 0 Å². The topological polar surface area (TPSA) is 12.0 Å². The second-order valence-electron chi connectivity index (χ2n) is 3.35. The molecule has 1 N–H and O–H groups in total. The molecule has 11 heavy (non-hydrogen) atoms. The Balaban J connectivity index is 2.23. The Labute approximate surface area is 69.9 Å². The van der Waals surface area contributed by atoms with E-state index in [0.29, 0.717) is 6.04 Å². The summed E-state index contributed by atoms with van der Waals surface area (Å²) in [5, 5.41) is 3.51. The first kappa shape index (κ1) is 8.79. The van der Waals surface area contributed by atoms with Crippen molar-refractivity contribution in [3.05, 3.63) is 11.6 Å². The van der Waals surface area contributed by atoms with Gasteiger partial charge in [-0.15, -0.1) is 0 Å². The predicted molar refractivity (Wildman–Crippen MR) is 49.7 cm³/mol. The Morgan fingerprint density at radius 1 is 1.64 bits per heavy atom. The molecule has 1 aliphatic carbocycles. The molecule has 0 aromatic carbocycles. The molecule has 1 aliphatic rings. The molecule has 1 rings (SSSR count). The van der Waals surface area contributed by atoms with E-state index >= 15 is 0 Å². The lowest BCUT2D eigenvalue weighted by Crippen LogP contribution is -2.27. The first-order chi connectivity index (χ1) is 5.34. The van der Waals surface area contributed by atoms with Gasteiger partial charge >= 0.3 is 0 Å². The van der Waals surface area contributed by atoms with Crippen LogP contribution in [0.25, 0.3) is 0 Å². The smallest absolute Gasteiger partial charge is 0.0251 e. The average molecular weight is 153 g/mol. The van der Waals surface area contributed by atoms with Crippen LogP contribution in [0.15, 0.2) is 11.6 Å². The molecule has 0 saturated carbocycles. The average Bonchev–Trinajstić information content (AvgIpc) is 2.52. The van der Waals surface area contributed by atoms with E-state index in [0.717, 1.165) is 6.54 Å². The van der Waals surface area contributed by atoms with E-state index in [4.69, 9.17) is 0 Å². The van der Waals surface area contributed by atoms with Crippen LogP contribution in [0.2, 0.25) is 0 Å². The molecule has 0 bridgehead atoms. The fraction of sp³-hybridized carbons (Fsp3) is 0.800. The summed E-state index contributed by atoms with van der Waals surface area (Å²) in [6.07, 6.45) is 7.61. The lowest BCUT2D eigenvalue weighted by molar-refractivity contribution is 0.590. The minimum atomic E-state index is 0.623. The number of hydrogen-bond donors (Lipinski definition) is 1. The van der Waals surface area contributed by atoms with Crippen LogP contribution in [0.3, 0.4) is 0 Å². The molecule has 0 saturated heterocycles. The van der Waals surface area contributed by atoms with Crippen molar-refractivity contribution in [2.45, 2.75) is 45.6 Å². The van der Waals surface area contributed by atoms with E-state index in [1.807, 2.05) is 0 Å². The van der Waals surface area contributed by atoms with E-state index in [1.54, 1.807) is 5.57 Å². The maximum atomic E-state index is 3.51. The Bertz CT molecular complexity index is 138. The van der Waals surface area contributed by atoms with Gasteiger partial charge in [-0.05, 0) is 39.2 Å². The summed E-state index contributed by atoms with van der Waals surface area (Å²) in [6.45, 7) is 5.63. The zero-order valence-electron chi connectivity index (χ0n) is 7.69. The van der Waals surface area contributed by atoms with Gasteiger partial charge in [-0.3, -0.25) is 0 Å². The lowest BCUT2D eigenvalue weighted by atomic mass is 10.1. The van der Waals surface area contributed by atoms with Gasteiger partial charge in [0.15, 0.2) is 0 Å². The lowest BCUT2D eigenvalue weighted by Gasteiger charge is -2.13. The van der Waals surface area contributed by atoms with Crippen molar-refractivity contribution >= 4 is 0 Å². The van der Waals surface area contributed by atoms with Gasteiger partial charge in [0.2, 0.25) is 0 Å². The fourth-order valence-electron chi connectivity index (χ4n) is 1.58. The van der Waals surface area contributed by atoms with Gasteiger partial charge in [-0.1, -0.05) is 18.6 Å². The molecule has 0 spiro atoms. The van der Waals surface area contributed by atoms with E-state index in [9.17, 15) is 0 Å². The molecule has 0 aromatic heterocycles. The third-order valence-corrected chi connectivity index (χ3v) is 2.33. The number of hydrogen-bond acceptors (Lipinski definition) is 1. The van der Waals surface area contributed by atoms with Crippen molar-refractivity contribution in [3.8, 4) is 0 Å². The highest BCUT2D eigenvalue weighted by atomic mass is 14.9. The van der Waals surface area contributed by atoms with Crippen LogP contribution in [0.4, 0.5) is 0 Å². The largest absolute Gasteiger partial charge is 0.311 e. The molecular weight excluding hydrogens is 134 g/mol. The van der Waals surface area contributed by atoms with Crippen LogP contribution >= 0.6 is 0 Å². The first-order valence-corrected chi connectivity index (χ1v) is 4.77. The highest BCUT2D eigenvalue weighted by Gasteiger charge is 2.10. The quantitative estimate of drug-likeness (QED) is 0.612. The predicted octanol–water partition coefficient (Wildman–Crippen LogP) is 2.48. The first-order valence-electron chi connectivity index (χ1n) is 4.77. The molecule has 0 aromatic rings. The molecule has 0 radical (unpaired) electrons. The Morgan fingerprint density at radius 3 is 3.00 bits per heavy atom. The van der Waals surface area contributed by atoms with Crippen LogP contribution in [0.1, 0.15) is 39.5 Å². The third-order valence-electron chi connectivity index (χ3n) is 2.33. The normalized spacial score (nSPS) is 20.0. The van der Waals surface area contributed by atoms with E-state index in [-0.39, 0.29) is 0 Å². The van der Waals surface area contributed by atoms with Crippen molar-refractivity contribution in [2.24, 2.45) is 0 Å². The standard InChI is InChI=1S/C10H19N/c1-3-8-11-9(2)10-6-4-5-7-10/h6,9,11H,3-5,7-8H2,1-2H3. The minimum Gasteiger partial charge on any atom is -0.311 e. The molecule has 64 valence electrons. The second-order valence-corrected chi connectivity index (χ2v) is 3.35. The number of allylic oxidation sites excluding steroid dienone is 1. The molecule has 0 fully saturated rings. The highest BCUT2D eigenvalue weighted by molar-refractivity contribution is 5.13. The molecule has 0 heterocycles. The minimum absolute atomic E-state index is 0.623. The van der Waals surface area contributed by atoms with Gasteiger partial charge in [0.1, 0.15) is 0 Å². The van der Waals surface area contributed by atoms with E-state index < -0.39 is 0 Å². The molecule has 1 unspecified atom stereocenters. The molecule has 0 aliphatic heterocycles. The fourth-order valence-corrected chi connectivity index (χ4v) is 1.58. The SMILES string of the molecule is CCCNC(C)C1=CCCC1. The maximum absolute atomic E-state index is 3.51. The van der Waals surface area contributed by atoms with E-state index in [2.05, 4.69) is 25.2 Å². The molecule has 0 amide bonds. The summed E-state index contributed by atoms with van der Waals surface area (Å²) in [5.41, 5.74) is 1.62. The van der Waals surface area contributed by atoms with Gasteiger partial charge in [0.05, 0.1) is 0 Å². The van der Waals surface area contributed by atoms with Gasteiger partial charge in [0, 0.05) is 6.04 Å². The van der Waals surface area contributed by atoms with Gasteiger partial charge in [-0.25, -0.2) is 0 Å². The molecular formula is C10H19N. The number of nitrogens with one attached hydrogen (secondary N) is 1. The van der Waals surface area contributed by atoms with Gasteiger partial charge < -0.3 is 5.32 Å². The van der Waals surface area contributed by atoms with Crippen LogP contribution in [0, 0.1) is 0 Å². The third kappa shape index (κ3) is 2.66. The summed E-state index contributed by atoms with van der Waals surface area (Å²) < 4.78 is 0. The van der Waals surface area contributed by atoms with Crippen molar-refractivity contribution in [3.63, 3.8) is 0 Å². The summed E-state index contributed by atoms with van der Waals surface area (Å²) >= 11 is 0. The van der Waals surface area contributed by atoms with Crippen LogP contribution < -0.4 is 5.32 Å².